The van der Waals surface area contributed by atoms with Crippen LogP contribution in [0.2, 0.25) is 0 Å². The second-order valence-electron chi connectivity index (χ2n) is 4.99. The Morgan fingerprint density at radius 2 is 2.32 bits per heavy atom. The molecule has 0 N–H and O–H groups in total. The Morgan fingerprint density at radius 1 is 1.47 bits per heavy atom. The van der Waals surface area contributed by atoms with Gasteiger partial charge >= 0.3 is 0 Å². The maximum Gasteiger partial charge on any atom is 0.171 e. The summed E-state index contributed by atoms with van der Waals surface area (Å²) in [5.41, 5.74) is 0. The second kappa shape index (κ2) is 7.59. The van der Waals surface area contributed by atoms with Gasteiger partial charge in [-0.05, 0) is 44.2 Å². The first-order valence-electron chi connectivity index (χ1n) is 7.27. The van der Waals surface area contributed by atoms with E-state index >= 15 is 0 Å². The summed E-state index contributed by atoms with van der Waals surface area (Å²) in [6.07, 6.45) is 7.68. The summed E-state index contributed by atoms with van der Waals surface area (Å²) in [6, 6.07) is 4.57. The fraction of sp³-hybridized carbons (Fsp3) is 0.667. The minimum atomic E-state index is 0.613. The van der Waals surface area contributed by atoms with Crippen LogP contribution in [0, 0.1) is 0 Å². The number of hydrogen-bond acceptors (Lipinski definition) is 3. The molecule has 1 fully saturated rings. The van der Waals surface area contributed by atoms with E-state index in [9.17, 15) is 0 Å². The first-order valence-corrected chi connectivity index (χ1v) is 7.80. The maximum atomic E-state index is 5.84. The van der Waals surface area contributed by atoms with E-state index in [1.165, 1.54) is 19.3 Å². The highest BCUT2D eigenvalue weighted by molar-refractivity contribution is 6.17. The molecule has 0 atom stereocenters. The number of rotatable bonds is 8. The molecule has 4 heteroatoms. The highest BCUT2D eigenvalue weighted by Crippen LogP contribution is 2.33. The van der Waals surface area contributed by atoms with Gasteiger partial charge in [-0.15, -0.1) is 11.6 Å². The first-order chi connectivity index (χ1) is 9.36. The number of pyridine rings is 1. The third-order valence-electron chi connectivity index (χ3n) is 3.53. The van der Waals surface area contributed by atoms with Gasteiger partial charge in [0.25, 0.3) is 0 Å². The zero-order valence-electron chi connectivity index (χ0n) is 11.6. The molecule has 0 aromatic carbocycles. The molecule has 1 aliphatic carbocycles. The molecule has 0 saturated heterocycles. The average Bonchev–Trinajstić information content (AvgIpc) is 2.39. The van der Waals surface area contributed by atoms with Crippen LogP contribution < -0.4 is 9.64 Å². The van der Waals surface area contributed by atoms with Gasteiger partial charge in [0.05, 0.1) is 6.61 Å². The highest BCUT2D eigenvalue weighted by Gasteiger charge is 2.27. The first kappa shape index (κ1) is 14.4. The molecule has 1 aromatic heterocycles. The number of nitrogens with zero attached hydrogens (tertiary/aromatic N) is 2. The minimum absolute atomic E-state index is 0.613. The Labute approximate surface area is 120 Å². The number of halogens is 1. The van der Waals surface area contributed by atoms with Gasteiger partial charge in [0.15, 0.2) is 11.6 Å². The fourth-order valence-electron chi connectivity index (χ4n) is 2.31. The minimum Gasteiger partial charge on any atom is -0.490 e. The van der Waals surface area contributed by atoms with Crippen molar-refractivity contribution in [3.05, 3.63) is 18.3 Å². The fourth-order valence-corrected chi connectivity index (χ4v) is 2.43. The Balaban J connectivity index is 2.14. The van der Waals surface area contributed by atoms with Gasteiger partial charge in [-0.3, -0.25) is 0 Å². The van der Waals surface area contributed by atoms with Gasteiger partial charge in [0.1, 0.15) is 0 Å². The number of ether oxygens (including phenoxy) is 1. The van der Waals surface area contributed by atoms with Gasteiger partial charge in [-0.25, -0.2) is 4.98 Å². The summed E-state index contributed by atoms with van der Waals surface area (Å²) < 4.78 is 5.83. The zero-order chi connectivity index (χ0) is 13.5. The van der Waals surface area contributed by atoms with Crippen molar-refractivity contribution in [3.8, 4) is 5.75 Å². The van der Waals surface area contributed by atoms with Crippen LogP contribution in [0.3, 0.4) is 0 Å². The quantitative estimate of drug-likeness (QED) is 0.677. The van der Waals surface area contributed by atoms with Crippen molar-refractivity contribution in [2.24, 2.45) is 0 Å². The molecular formula is C15H23ClN2O. The van der Waals surface area contributed by atoms with E-state index in [0.717, 1.165) is 37.6 Å². The van der Waals surface area contributed by atoms with Crippen molar-refractivity contribution in [2.75, 3.05) is 23.9 Å². The lowest BCUT2D eigenvalue weighted by Gasteiger charge is -2.39. The van der Waals surface area contributed by atoms with E-state index < -0.39 is 0 Å². The third kappa shape index (κ3) is 3.75. The van der Waals surface area contributed by atoms with Gasteiger partial charge in [0.2, 0.25) is 0 Å². The third-order valence-corrected chi connectivity index (χ3v) is 3.80. The smallest absolute Gasteiger partial charge is 0.171 e. The lowest BCUT2D eigenvalue weighted by atomic mass is 9.91. The van der Waals surface area contributed by atoms with E-state index in [0.29, 0.717) is 11.9 Å². The maximum absolute atomic E-state index is 5.84. The van der Waals surface area contributed by atoms with Gasteiger partial charge in [-0.1, -0.05) is 6.92 Å². The van der Waals surface area contributed by atoms with Crippen LogP contribution in [0.15, 0.2) is 18.3 Å². The summed E-state index contributed by atoms with van der Waals surface area (Å²) in [5, 5.41) is 0. The standard InChI is InChI=1S/C15H23ClN2O/c1-2-12-19-14-8-4-10-17-15(14)18(11-5-9-16)13-6-3-7-13/h4,8,10,13H,2-3,5-7,9,11-12H2,1H3. The molecule has 0 unspecified atom stereocenters. The molecule has 0 spiro atoms. The van der Waals surface area contributed by atoms with E-state index in [1.807, 2.05) is 18.3 Å². The number of hydrogen-bond donors (Lipinski definition) is 0. The second-order valence-corrected chi connectivity index (χ2v) is 5.37. The molecule has 0 amide bonds. The summed E-state index contributed by atoms with van der Waals surface area (Å²) in [5.74, 6) is 2.60. The van der Waals surface area contributed by atoms with Crippen LogP contribution in [0.4, 0.5) is 5.82 Å². The van der Waals surface area contributed by atoms with Crippen molar-refractivity contribution in [3.63, 3.8) is 0 Å². The summed E-state index contributed by atoms with van der Waals surface area (Å²) >= 11 is 5.84. The zero-order valence-corrected chi connectivity index (χ0v) is 12.4. The van der Waals surface area contributed by atoms with Crippen LogP contribution in [0.5, 0.6) is 5.75 Å². The van der Waals surface area contributed by atoms with Crippen molar-refractivity contribution < 1.29 is 4.74 Å². The Kier molecular flexibility index (Phi) is 5.77. The van der Waals surface area contributed by atoms with E-state index in [1.54, 1.807) is 0 Å². The highest BCUT2D eigenvalue weighted by atomic mass is 35.5. The molecule has 1 aliphatic rings. The SMILES string of the molecule is CCCOc1cccnc1N(CCCCl)C1CCC1. The largest absolute Gasteiger partial charge is 0.490 e. The Bertz CT molecular complexity index is 382. The molecule has 3 nitrogen and oxygen atoms in total. The molecule has 1 saturated carbocycles. The van der Waals surface area contributed by atoms with Crippen molar-refractivity contribution in [1.29, 1.82) is 0 Å². The van der Waals surface area contributed by atoms with E-state index in [2.05, 4.69) is 16.8 Å². The van der Waals surface area contributed by atoms with Crippen LogP contribution >= 0.6 is 11.6 Å². The number of alkyl halides is 1. The Hall–Kier alpha value is -0.960. The Morgan fingerprint density at radius 3 is 2.95 bits per heavy atom. The predicted octanol–water partition coefficient (Wildman–Crippen LogP) is 3.86. The molecule has 1 aromatic rings. The molecule has 0 aliphatic heterocycles. The normalized spacial score (nSPS) is 15.1. The van der Waals surface area contributed by atoms with E-state index in [-0.39, 0.29) is 0 Å². The summed E-state index contributed by atoms with van der Waals surface area (Å²) in [6.45, 7) is 3.83. The van der Waals surface area contributed by atoms with Gasteiger partial charge in [0, 0.05) is 24.7 Å². The monoisotopic (exact) mass is 282 g/mol. The molecular weight excluding hydrogens is 260 g/mol. The van der Waals surface area contributed by atoms with Crippen molar-refractivity contribution >= 4 is 17.4 Å². The van der Waals surface area contributed by atoms with Crippen LogP contribution in [-0.2, 0) is 0 Å². The molecule has 106 valence electrons. The van der Waals surface area contributed by atoms with Crippen molar-refractivity contribution in [2.45, 2.75) is 45.1 Å². The molecule has 0 radical (unpaired) electrons. The van der Waals surface area contributed by atoms with Gasteiger partial charge < -0.3 is 9.64 Å². The van der Waals surface area contributed by atoms with Crippen LogP contribution in [0.1, 0.15) is 39.0 Å². The van der Waals surface area contributed by atoms with Crippen molar-refractivity contribution in [1.82, 2.24) is 4.98 Å². The molecule has 2 rings (SSSR count). The molecule has 19 heavy (non-hydrogen) atoms. The lowest BCUT2D eigenvalue weighted by molar-refractivity contribution is 0.311. The van der Waals surface area contributed by atoms with Crippen LogP contribution in [-0.4, -0.2) is 30.1 Å². The van der Waals surface area contributed by atoms with Crippen LogP contribution in [0.25, 0.3) is 0 Å². The molecule has 0 bridgehead atoms. The van der Waals surface area contributed by atoms with Gasteiger partial charge in [-0.2, -0.15) is 0 Å². The van der Waals surface area contributed by atoms with E-state index in [4.69, 9.17) is 16.3 Å². The summed E-state index contributed by atoms with van der Waals surface area (Å²) in [4.78, 5) is 6.93. The predicted molar refractivity (Wildman–Crippen MR) is 80.3 cm³/mol. The number of anilines is 1. The summed E-state index contributed by atoms with van der Waals surface area (Å²) in [7, 11) is 0. The average molecular weight is 283 g/mol. The lowest BCUT2D eigenvalue weighted by Crippen LogP contribution is -2.41. The molecule has 1 heterocycles. The number of aromatic nitrogens is 1. The topological polar surface area (TPSA) is 25.4 Å².